The van der Waals surface area contributed by atoms with Crippen LogP contribution in [0.4, 0.5) is 4.79 Å². The topological polar surface area (TPSA) is 95.4 Å². The highest BCUT2D eigenvalue weighted by Crippen LogP contribution is 2.48. The number of benzene rings is 3. The quantitative estimate of drug-likeness (QED) is 0.558. The molecule has 0 heterocycles. The van der Waals surface area contributed by atoms with Gasteiger partial charge in [-0.05, 0) is 16.7 Å². The Morgan fingerprint density at radius 1 is 0.759 bits per heavy atom. The number of hydrogen-bond donors (Lipinski definition) is 2. The smallest absolute Gasteiger partial charge is 0.405 e. The summed E-state index contributed by atoms with van der Waals surface area (Å²) in [5, 5.41) is 0. The maximum atomic E-state index is 11.8. The Bertz CT molecular complexity index is 853. The number of carbonyl (C=O) groups is 2. The third kappa shape index (κ3) is 4.60. The summed E-state index contributed by atoms with van der Waals surface area (Å²) in [6.45, 7) is 0. The van der Waals surface area contributed by atoms with Crippen LogP contribution in [0.1, 0.15) is 16.7 Å². The van der Waals surface area contributed by atoms with E-state index in [1.807, 2.05) is 91.0 Å². The van der Waals surface area contributed by atoms with Gasteiger partial charge in [-0.3, -0.25) is 4.79 Å². The molecule has 0 spiro atoms. The molecule has 3 rings (SSSR count). The number of nitrogens with two attached hydrogens (primary N) is 2. The SMILES string of the molecule is NC(=O)O[C@@H](CSC(c1ccccc1)(c1ccccc1)c1ccccc1)C(N)=O. The second kappa shape index (κ2) is 9.30. The van der Waals surface area contributed by atoms with E-state index < -0.39 is 22.9 Å². The lowest BCUT2D eigenvalue weighted by Gasteiger charge is -2.36. The van der Waals surface area contributed by atoms with Gasteiger partial charge in [0.2, 0.25) is 0 Å². The van der Waals surface area contributed by atoms with Crippen molar-refractivity contribution in [3.8, 4) is 0 Å². The summed E-state index contributed by atoms with van der Waals surface area (Å²) in [5.74, 6) is -0.587. The maximum absolute atomic E-state index is 11.8. The molecule has 0 aliphatic heterocycles. The summed E-state index contributed by atoms with van der Waals surface area (Å²) >= 11 is 1.47. The molecule has 0 saturated carbocycles. The molecule has 0 unspecified atom stereocenters. The number of ether oxygens (including phenoxy) is 1. The summed E-state index contributed by atoms with van der Waals surface area (Å²) in [6, 6.07) is 30.0. The number of rotatable bonds is 8. The monoisotopic (exact) mass is 406 g/mol. The first-order valence-corrected chi connectivity index (χ1v) is 10.1. The molecule has 1 atom stereocenters. The first-order valence-electron chi connectivity index (χ1n) is 9.10. The molecule has 148 valence electrons. The average molecular weight is 407 g/mol. The van der Waals surface area contributed by atoms with E-state index in [0.29, 0.717) is 0 Å². The van der Waals surface area contributed by atoms with Crippen LogP contribution in [-0.2, 0) is 14.3 Å². The lowest BCUT2D eigenvalue weighted by molar-refractivity contribution is -0.125. The number of primary amides is 2. The minimum Gasteiger partial charge on any atom is -0.435 e. The van der Waals surface area contributed by atoms with Crippen molar-refractivity contribution in [1.29, 1.82) is 0 Å². The van der Waals surface area contributed by atoms with Gasteiger partial charge in [0, 0.05) is 5.75 Å². The normalized spacial score (nSPS) is 12.1. The molecule has 0 bridgehead atoms. The molecular weight excluding hydrogens is 384 g/mol. The van der Waals surface area contributed by atoms with E-state index in [9.17, 15) is 9.59 Å². The summed E-state index contributed by atoms with van der Waals surface area (Å²) < 4.78 is 4.32. The fourth-order valence-corrected chi connectivity index (χ4v) is 4.83. The van der Waals surface area contributed by atoms with E-state index >= 15 is 0 Å². The molecule has 0 aliphatic carbocycles. The maximum Gasteiger partial charge on any atom is 0.405 e. The highest BCUT2D eigenvalue weighted by molar-refractivity contribution is 8.00. The Balaban J connectivity index is 2.14. The van der Waals surface area contributed by atoms with E-state index in [0.717, 1.165) is 16.7 Å². The van der Waals surface area contributed by atoms with Crippen LogP contribution >= 0.6 is 11.8 Å². The number of carbonyl (C=O) groups excluding carboxylic acids is 2. The van der Waals surface area contributed by atoms with Crippen LogP contribution < -0.4 is 11.5 Å². The predicted octanol–water partition coefficient (Wildman–Crippen LogP) is 3.66. The van der Waals surface area contributed by atoms with Crippen LogP contribution in [0.3, 0.4) is 0 Å². The molecule has 0 aliphatic rings. The molecule has 0 saturated heterocycles. The van der Waals surface area contributed by atoms with Gasteiger partial charge in [-0.1, -0.05) is 91.0 Å². The summed E-state index contributed by atoms with van der Waals surface area (Å²) in [4.78, 5) is 23.1. The fraction of sp³-hybridized carbons (Fsp3) is 0.130. The average Bonchev–Trinajstić information content (AvgIpc) is 2.75. The van der Waals surface area contributed by atoms with Gasteiger partial charge in [0.05, 0.1) is 4.75 Å². The van der Waals surface area contributed by atoms with Crippen LogP contribution in [0.2, 0.25) is 0 Å². The van der Waals surface area contributed by atoms with E-state index in [-0.39, 0.29) is 5.75 Å². The van der Waals surface area contributed by atoms with Gasteiger partial charge in [0.25, 0.3) is 5.91 Å². The summed E-state index contributed by atoms with van der Waals surface area (Å²) in [5.41, 5.74) is 13.7. The molecule has 3 aromatic carbocycles. The van der Waals surface area contributed by atoms with Crippen molar-refractivity contribution in [2.45, 2.75) is 10.9 Å². The van der Waals surface area contributed by atoms with Crippen molar-refractivity contribution in [2.24, 2.45) is 11.5 Å². The molecule has 2 amide bonds. The van der Waals surface area contributed by atoms with Crippen LogP contribution in [0.15, 0.2) is 91.0 Å². The van der Waals surface area contributed by atoms with Gasteiger partial charge in [0.15, 0.2) is 6.10 Å². The van der Waals surface area contributed by atoms with Gasteiger partial charge in [-0.25, -0.2) is 4.79 Å². The molecular formula is C23H22N2O3S. The minimum atomic E-state index is -1.13. The van der Waals surface area contributed by atoms with Crippen molar-refractivity contribution >= 4 is 23.8 Å². The Morgan fingerprint density at radius 2 is 1.14 bits per heavy atom. The second-order valence-electron chi connectivity index (χ2n) is 6.42. The molecule has 3 aromatic rings. The first kappa shape index (κ1) is 20.5. The van der Waals surface area contributed by atoms with Crippen molar-refractivity contribution in [3.63, 3.8) is 0 Å². The highest BCUT2D eigenvalue weighted by atomic mass is 32.2. The van der Waals surface area contributed by atoms with Gasteiger partial charge in [-0.2, -0.15) is 0 Å². The van der Waals surface area contributed by atoms with E-state index in [1.165, 1.54) is 11.8 Å². The number of amides is 2. The lowest BCUT2D eigenvalue weighted by atomic mass is 9.84. The standard InChI is InChI=1S/C23H22N2O3S/c24-21(26)20(28-22(25)27)16-29-23(17-10-4-1-5-11-17,18-12-6-2-7-13-18)19-14-8-3-9-15-19/h1-15,20H,16H2,(H2,24,26)(H2,25,27)/t20-/m0/s1. The zero-order valence-electron chi connectivity index (χ0n) is 15.7. The van der Waals surface area contributed by atoms with Crippen molar-refractivity contribution in [2.75, 3.05) is 5.75 Å². The molecule has 29 heavy (non-hydrogen) atoms. The van der Waals surface area contributed by atoms with Crippen LogP contribution in [0, 0.1) is 0 Å². The number of hydrogen-bond acceptors (Lipinski definition) is 4. The molecule has 4 N–H and O–H groups in total. The Morgan fingerprint density at radius 3 is 1.45 bits per heavy atom. The zero-order valence-corrected chi connectivity index (χ0v) is 16.5. The highest BCUT2D eigenvalue weighted by Gasteiger charge is 2.38. The van der Waals surface area contributed by atoms with E-state index in [1.54, 1.807) is 0 Å². The summed E-state index contributed by atoms with van der Waals surface area (Å²) in [6.07, 6.45) is -2.16. The van der Waals surface area contributed by atoms with Gasteiger partial charge in [0.1, 0.15) is 0 Å². The molecule has 6 heteroatoms. The molecule has 0 aromatic heterocycles. The van der Waals surface area contributed by atoms with Crippen molar-refractivity contribution in [1.82, 2.24) is 0 Å². The minimum absolute atomic E-state index is 0.150. The lowest BCUT2D eigenvalue weighted by Crippen LogP contribution is -2.38. The molecule has 0 fully saturated rings. The largest absolute Gasteiger partial charge is 0.435 e. The van der Waals surface area contributed by atoms with E-state index in [4.69, 9.17) is 16.2 Å². The zero-order chi connectivity index (χ0) is 20.7. The Hall–Kier alpha value is -3.25. The van der Waals surface area contributed by atoms with Gasteiger partial charge < -0.3 is 16.2 Å². The molecule has 5 nitrogen and oxygen atoms in total. The Kier molecular flexibility index (Phi) is 6.57. The molecule has 0 radical (unpaired) electrons. The third-order valence-corrected chi connectivity index (χ3v) is 6.18. The third-order valence-electron chi connectivity index (χ3n) is 4.57. The predicted molar refractivity (Wildman–Crippen MR) is 115 cm³/mol. The van der Waals surface area contributed by atoms with Crippen molar-refractivity contribution in [3.05, 3.63) is 108 Å². The fourth-order valence-electron chi connectivity index (χ4n) is 3.28. The van der Waals surface area contributed by atoms with Crippen LogP contribution in [0.5, 0.6) is 0 Å². The van der Waals surface area contributed by atoms with Crippen LogP contribution in [-0.4, -0.2) is 23.9 Å². The van der Waals surface area contributed by atoms with Crippen LogP contribution in [0.25, 0.3) is 0 Å². The van der Waals surface area contributed by atoms with Gasteiger partial charge >= 0.3 is 6.09 Å². The van der Waals surface area contributed by atoms with E-state index in [2.05, 4.69) is 0 Å². The van der Waals surface area contributed by atoms with Crippen molar-refractivity contribution < 1.29 is 14.3 Å². The second-order valence-corrected chi connectivity index (χ2v) is 7.65. The number of thioether (sulfide) groups is 1. The first-order chi connectivity index (χ1) is 14.0. The Labute approximate surface area is 174 Å². The summed E-state index contributed by atoms with van der Waals surface area (Å²) in [7, 11) is 0. The van der Waals surface area contributed by atoms with Gasteiger partial charge in [-0.15, -0.1) is 11.8 Å².